The Labute approximate surface area is 97.2 Å². The third-order valence-electron chi connectivity index (χ3n) is 3.96. The Balaban J connectivity index is 1.78. The monoisotopic (exact) mass is 216 g/mol. The number of nitrogens with one attached hydrogen (secondary N) is 1. The Morgan fingerprint density at radius 1 is 1.19 bits per heavy atom. The highest BCUT2D eigenvalue weighted by molar-refractivity contribution is 5.63. The molecule has 0 unspecified atom stereocenters. The van der Waals surface area contributed by atoms with Crippen molar-refractivity contribution in [3.8, 4) is 0 Å². The fourth-order valence-corrected chi connectivity index (χ4v) is 2.52. The van der Waals surface area contributed by atoms with Crippen molar-refractivity contribution >= 4 is 11.4 Å². The fraction of sp³-hybridized carbons (Fsp3) is 0.571. The lowest BCUT2D eigenvalue weighted by atomic mass is 10.1. The molecule has 16 heavy (non-hydrogen) atoms. The molecule has 3 rings (SSSR count). The first-order valence-corrected chi connectivity index (χ1v) is 6.37. The maximum atomic E-state index is 5.94. The lowest BCUT2D eigenvalue weighted by molar-refractivity contribution is 0.567. The number of nitrogen functional groups attached to an aromatic ring is 1. The number of benzene rings is 1. The van der Waals surface area contributed by atoms with Crippen LogP contribution in [0.5, 0.6) is 0 Å². The summed E-state index contributed by atoms with van der Waals surface area (Å²) in [5.41, 5.74) is 9.28. The Hall–Kier alpha value is -1.18. The quantitative estimate of drug-likeness (QED) is 0.759. The molecule has 0 atom stereocenters. The van der Waals surface area contributed by atoms with E-state index in [-0.39, 0.29) is 0 Å². The van der Waals surface area contributed by atoms with Gasteiger partial charge in [-0.05, 0) is 62.1 Å². The molecule has 1 aromatic carbocycles. The van der Waals surface area contributed by atoms with Gasteiger partial charge in [-0.25, -0.2) is 0 Å². The van der Waals surface area contributed by atoms with Crippen molar-refractivity contribution in [3.63, 3.8) is 0 Å². The fourth-order valence-electron chi connectivity index (χ4n) is 2.52. The van der Waals surface area contributed by atoms with E-state index in [9.17, 15) is 0 Å². The summed E-state index contributed by atoms with van der Waals surface area (Å²) in [6.45, 7) is 2.11. The van der Waals surface area contributed by atoms with E-state index in [0.717, 1.165) is 17.5 Å². The van der Waals surface area contributed by atoms with E-state index in [1.165, 1.54) is 36.9 Å². The van der Waals surface area contributed by atoms with E-state index in [1.54, 1.807) is 0 Å². The molecule has 0 bridgehead atoms. The molecule has 2 nitrogen and oxygen atoms in total. The van der Waals surface area contributed by atoms with E-state index >= 15 is 0 Å². The van der Waals surface area contributed by atoms with E-state index in [1.807, 2.05) is 12.1 Å². The van der Waals surface area contributed by atoms with Crippen LogP contribution in [0.25, 0.3) is 0 Å². The van der Waals surface area contributed by atoms with Crippen LogP contribution in [0.3, 0.4) is 0 Å². The number of hydrogen-bond donors (Lipinski definition) is 2. The van der Waals surface area contributed by atoms with Gasteiger partial charge in [-0.2, -0.15) is 0 Å². The van der Waals surface area contributed by atoms with Gasteiger partial charge < -0.3 is 11.1 Å². The predicted octanol–water partition coefficient (Wildman–Crippen LogP) is 3.18. The van der Waals surface area contributed by atoms with Crippen molar-refractivity contribution in [1.82, 2.24) is 0 Å². The molecular formula is C14H20N2. The van der Waals surface area contributed by atoms with Crippen molar-refractivity contribution in [2.45, 2.75) is 38.6 Å². The molecule has 3 N–H and O–H groups in total. The molecule has 0 amide bonds. The molecular weight excluding hydrogens is 196 g/mol. The molecule has 0 heterocycles. The van der Waals surface area contributed by atoms with E-state index < -0.39 is 0 Å². The van der Waals surface area contributed by atoms with Gasteiger partial charge >= 0.3 is 0 Å². The van der Waals surface area contributed by atoms with Crippen molar-refractivity contribution < 1.29 is 0 Å². The van der Waals surface area contributed by atoms with Gasteiger partial charge in [-0.3, -0.25) is 0 Å². The summed E-state index contributed by atoms with van der Waals surface area (Å²) < 4.78 is 0. The van der Waals surface area contributed by atoms with Crippen LogP contribution in [0.15, 0.2) is 18.2 Å². The second-order valence-corrected chi connectivity index (χ2v) is 5.36. The minimum Gasteiger partial charge on any atom is -0.398 e. The van der Waals surface area contributed by atoms with Crippen LogP contribution in [0.2, 0.25) is 0 Å². The zero-order valence-corrected chi connectivity index (χ0v) is 9.87. The van der Waals surface area contributed by atoms with Gasteiger partial charge in [0, 0.05) is 17.4 Å². The van der Waals surface area contributed by atoms with Crippen molar-refractivity contribution in [3.05, 3.63) is 23.8 Å². The first-order chi connectivity index (χ1) is 7.75. The molecule has 0 aromatic heterocycles. The zero-order valence-electron chi connectivity index (χ0n) is 9.87. The van der Waals surface area contributed by atoms with Gasteiger partial charge in [0.2, 0.25) is 0 Å². The topological polar surface area (TPSA) is 38.0 Å². The summed E-state index contributed by atoms with van der Waals surface area (Å²) in [5, 5.41) is 3.73. The number of rotatable bonds is 4. The van der Waals surface area contributed by atoms with Gasteiger partial charge in [-0.1, -0.05) is 6.07 Å². The average molecular weight is 216 g/mol. The van der Waals surface area contributed by atoms with Crippen LogP contribution in [0.4, 0.5) is 11.4 Å². The van der Waals surface area contributed by atoms with Crippen molar-refractivity contribution in [2.24, 2.45) is 11.8 Å². The summed E-state index contributed by atoms with van der Waals surface area (Å²) in [6, 6.07) is 6.88. The first-order valence-electron chi connectivity index (χ1n) is 6.37. The van der Waals surface area contributed by atoms with Crippen molar-refractivity contribution in [2.75, 3.05) is 11.1 Å². The summed E-state index contributed by atoms with van der Waals surface area (Å²) in [6.07, 6.45) is 5.65. The SMILES string of the molecule is Cc1c(N)cccc1NC(C1CC1)C1CC1. The minimum atomic E-state index is 0.709. The number of hydrogen-bond acceptors (Lipinski definition) is 2. The molecule has 0 spiro atoms. The molecule has 2 saturated carbocycles. The highest BCUT2D eigenvalue weighted by Gasteiger charge is 2.41. The molecule has 0 radical (unpaired) electrons. The number of nitrogens with two attached hydrogens (primary N) is 1. The van der Waals surface area contributed by atoms with E-state index in [2.05, 4.69) is 18.3 Å². The third-order valence-corrected chi connectivity index (χ3v) is 3.96. The lowest BCUT2D eigenvalue weighted by Gasteiger charge is -2.21. The predicted molar refractivity (Wildman–Crippen MR) is 68.5 cm³/mol. The summed E-state index contributed by atoms with van der Waals surface area (Å²) in [5.74, 6) is 1.85. The largest absolute Gasteiger partial charge is 0.398 e. The molecule has 2 heteroatoms. The maximum absolute atomic E-state index is 5.94. The molecule has 0 saturated heterocycles. The Bertz CT molecular complexity index is 380. The zero-order chi connectivity index (χ0) is 11.1. The molecule has 2 fully saturated rings. The Kier molecular flexibility index (Phi) is 2.31. The summed E-state index contributed by atoms with van der Waals surface area (Å²) in [7, 11) is 0. The first kappa shape index (κ1) is 10.0. The Morgan fingerprint density at radius 3 is 2.38 bits per heavy atom. The number of anilines is 2. The smallest absolute Gasteiger partial charge is 0.0392 e. The second-order valence-electron chi connectivity index (χ2n) is 5.36. The summed E-state index contributed by atoms with van der Waals surface area (Å²) >= 11 is 0. The van der Waals surface area contributed by atoms with Crippen LogP contribution in [-0.2, 0) is 0 Å². The second kappa shape index (κ2) is 3.69. The third kappa shape index (κ3) is 1.89. The highest BCUT2D eigenvalue weighted by Crippen LogP contribution is 2.46. The summed E-state index contributed by atoms with van der Waals surface area (Å²) in [4.78, 5) is 0. The molecule has 0 aliphatic heterocycles. The standard InChI is InChI=1S/C14H20N2/c1-9-12(15)3-2-4-13(9)16-14(10-5-6-10)11-7-8-11/h2-4,10-11,14,16H,5-8,15H2,1H3. The lowest BCUT2D eigenvalue weighted by Crippen LogP contribution is -2.24. The maximum Gasteiger partial charge on any atom is 0.0392 e. The van der Waals surface area contributed by atoms with Crippen LogP contribution in [-0.4, -0.2) is 6.04 Å². The van der Waals surface area contributed by atoms with Gasteiger partial charge in [0.1, 0.15) is 0 Å². The molecule has 86 valence electrons. The van der Waals surface area contributed by atoms with Gasteiger partial charge in [-0.15, -0.1) is 0 Å². The van der Waals surface area contributed by atoms with Crippen LogP contribution >= 0.6 is 0 Å². The van der Waals surface area contributed by atoms with E-state index in [0.29, 0.717) is 6.04 Å². The van der Waals surface area contributed by atoms with Crippen LogP contribution in [0, 0.1) is 18.8 Å². The molecule has 2 aliphatic carbocycles. The molecule has 2 aliphatic rings. The minimum absolute atomic E-state index is 0.709. The van der Waals surface area contributed by atoms with Crippen molar-refractivity contribution in [1.29, 1.82) is 0 Å². The Morgan fingerprint density at radius 2 is 1.81 bits per heavy atom. The van der Waals surface area contributed by atoms with E-state index in [4.69, 9.17) is 5.73 Å². The molecule has 1 aromatic rings. The van der Waals surface area contributed by atoms with Gasteiger partial charge in [0.05, 0.1) is 0 Å². The average Bonchev–Trinajstić information content (AvgIpc) is 3.15. The van der Waals surface area contributed by atoms with Gasteiger partial charge in [0.25, 0.3) is 0 Å². The van der Waals surface area contributed by atoms with Crippen LogP contribution < -0.4 is 11.1 Å². The highest BCUT2D eigenvalue weighted by atomic mass is 15.0. The van der Waals surface area contributed by atoms with Gasteiger partial charge in [0.15, 0.2) is 0 Å². The van der Waals surface area contributed by atoms with Crippen LogP contribution in [0.1, 0.15) is 31.2 Å². The normalized spacial score (nSPS) is 20.1.